The normalized spacial score (nSPS) is 12.4. The molecule has 1 aromatic heterocycles. The molecule has 1 N–H and O–H groups in total. The molecule has 1 heterocycles. The van der Waals surface area contributed by atoms with Gasteiger partial charge in [-0.2, -0.15) is 0 Å². The molecule has 0 radical (unpaired) electrons. The molecule has 1 nitrogen and oxygen atoms in total. The van der Waals surface area contributed by atoms with E-state index in [0.29, 0.717) is 11.5 Å². The molecule has 0 aliphatic carbocycles. The van der Waals surface area contributed by atoms with Crippen molar-refractivity contribution in [3.8, 4) is 0 Å². The van der Waals surface area contributed by atoms with Gasteiger partial charge >= 0.3 is 0 Å². The summed E-state index contributed by atoms with van der Waals surface area (Å²) in [5, 5.41) is 3.44. The zero-order valence-corrected chi connectivity index (χ0v) is 10.7. The van der Waals surface area contributed by atoms with E-state index in [0.717, 1.165) is 6.54 Å². The van der Waals surface area contributed by atoms with Gasteiger partial charge < -0.3 is 5.32 Å². The van der Waals surface area contributed by atoms with Crippen LogP contribution in [0.4, 0.5) is 0 Å². The van der Waals surface area contributed by atoms with E-state index in [9.17, 15) is 0 Å². The highest BCUT2D eigenvalue weighted by molar-refractivity contribution is 7.12. The predicted molar refractivity (Wildman–Crippen MR) is 65.0 cm³/mol. The van der Waals surface area contributed by atoms with Gasteiger partial charge in [-0.25, -0.2) is 0 Å². The van der Waals surface area contributed by atoms with Crippen molar-refractivity contribution >= 4 is 11.3 Å². The Labute approximate surface area is 91.5 Å². The van der Waals surface area contributed by atoms with Crippen molar-refractivity contribution < 1.29 is 0 Å². The summed E-state index contributed by atoms with van der Waals surface area (Å²) in [6.07, 6.45) is 0. The Kier molecular flexibility index (Phi) is 3.73. The van der Waals surface area contributed by atoms with Crippen LogP contribution in [0.2, 0.25) is 0 Å². The molecule has 0 unspecified atom stereocenters. The van der Waals surface area contributed by atoms with E-state index in [1.54, 1.807) is 0 Å². The average Bonchev–Trinajstić information content (AvgIpc) is 2.47. The zero-order chi connectivity index (χ0) is 10.8. The van der Waals surface area contributed by atoms with Crippen LogP contribution in [0.3, 0.4) is 0 Å². The van der Waals surface area contributed by atoms with Gasteiger partial charge in [-0.1, -0.05) is 34.6 Å². The van der Waals surface area contributed by atoms with Crippen LogP contribution in [0.25, 0.3) is 0 Å². The maximum atomic E-state index is 3.44. The molecule has 14 heavy (non-hydrogen) atoms. The molecule has 1 aromatic rings. The van der Waals surface area contributed by atoms with E-state index in [1.165, 1.54) is 9.75 Å². The third kappa shape index (κ3) is 3.43. The van der Waals surface area contributed by atoms with Crippen LogP contribution >= 0.6 is 11.3 Å². The Hall–Kier alpha value is -0.340. The van der Waals surface area contributed by atoms with Gasteiger partial charge in [0.2, 0.25) is 0 Å². The monoisotopic (exact) mass is 211 g/mol. The number of nitrogens with one attached hydrogen (secondary N) is 1. The molecule has 80 valence electrons. The summed E-state index contributed by atoms with van der Waals surface area (Å²) in [5.41, 5.74) is 0.292. The molecule has 0 fully saturated rings. The summed E-state index contributed by atoms with van der Waals surface area (Å²) in [5.74, 6) is 0. The minimum absolute atomic E-state index is 0.292. The van der Waals surface area contributed by atoms with Crippen LogP contribution in [-0.4, -0.2) is 6.04 Å². The molecule has 2 heteroatoms. The van der Waals surface area contributed by atoms with Gasteiger partial charge in [-0.3, -0.25) is 0 Å². The van der Waals surface area contributed by atoms with E-state index in [4.69, 9.17) is 0 Å². The second-order valence-corrected chi connectivity index (χ2v) is 6.22. The van der Waals surface area contributed by atoms with Crippen LogP contribution < -0.4 is 5.32 Å². The Morgan fingerprint density at radius 3 is 2.36 bits per heavy atom. The fourth-order valence-corrected chi connectivity index (χ4v) is 2.20. The first-order valence-corrected chi connectivity index (χ1v) is 6.04. The third-order valence-corrected chi connectivity index (χ3v) is 3.60. The fourth-order valence-electron chi connectivity index (χ4n) is 1.18. The summed E-state index contributed by atoms with van der Waals surface area (Å²) in [6, 6.07) is 5.05. The topological polar surface area (TPSA) is 12.0 Å². The third-order valence-electron chi connectivity index (χ3n) is 2.09. The lowest BCUT2D eigenvalue weighted by Crippen LogP contribution is -2.21. The Morgan fingerprint density at radius 2 is 1.93 bits per heavy atom. The molecule has 0 amide bonds. The SMILES string of the molecule is CC(C)NCc1ccc(C(C)(C)C)s1. The Morgan fingerprint density at radius 1 is 1.29 bits per heavy atom. The molecule has 0 atom stereocenters. The standard InChI is InChI=1S/C12H21NS/c1-9(2)13-8-10-6-7-11(14-10)12(3,4)5/h6-7,9,13H,8H2,1-5H3. The highest BCUT2D eigenvalue weighted by atomic mass is 32.1. The summed E-state index contributed by atoms with van der Waals surface area (Å²) in [4.78, 5) is 2.90. The highest BCUT2D eigenvalue weighted by Gasteiger charge is 2.15. The van der Waals surface area contributed by atoms with Crippen molar-refractivity contribution in [1.29, 1.82) is 0 Å². The van der Waals surface area contributed by atoms with Crippen molar-refractivity contribution in [1.82, 2.24) is 5.32 Å². The van der Waals surface area contributed by atoms with Crippen molar-refractivity contribution in [2.45, 2.75) is 52.6 Å². The summed E-state index contributed by atoms with van der Waals surface area (Å²) >= 11 is 1.92. The maximum absolute atomic E-state index is 3.44. The smallest absolute Gasteiger partial charge is 0.0302 e. The Balaban J connectivity index is 2.60. The lowest BCUT2D eigenvalue weighted by atomic mass is 9.95. The van der Waals surface area contributed by atoms with E-state index in [2.05, 4.69) is 52.1 Å². The maximum Gasteiger partial charge on any atom is 0.0302 e. The van der Waals surface area contributed by atoms with Crippen LogP contribution in [0, 0.1) is 0 Å². The molecule has 0 bridgehead atoms. The molecule has 0 spiro atoms. The van der Waals surface area contributed by atoms with E-state index < -0.39 is 0 Å². The highest BCUT2D eigenvalue weighted by Crippen LogP contribution is 2.29. The molecule has 0 aromatic carbocycles. The van der Waals surface area contributed by atoms with E-state index >= 15 is 0 Å². The van der Waals surface area contributed by atoms with Gasteiger partial charge in [-0.05, 0) is 17.5 Å². The fraction of sp³-hybridized carbons (Fsp3) is 0.667. The summed E-state index contributed by atoms with van der Waals surface area (Å²) in [6.45, 7) is 12.1. The van der Waals surface area contributed by atoms with Crippen molar-refractivity contribution in [2.75, 3.05) is 0 Å². The second-order valence-electron chi connectivity index (χ2n) is 5.05. The van der Waals surface area contributed by atoms with Crippen LogP contribution in [0.15, 0.2) is 12.1 Å². The largest absolute Gasteiger partial charge is 0.310 e. The molecule has 0 aliphatic heterocycles. The van der Waals surface area contributed by atoms with Gasteiger partial charge in [-0.15, -0.1) is 11.3 Å². The number of rotatable bonds is 3. The van der Waals surface area contributed by atoms with Gasteiger partial charge in [0.1, 0.15) is 0 Å². The summed E-state index contributed by atoms with van der Waals surface area (Å²) in [7, 11) is 0. The van der Waals surface area contributed by atoms with Crippen molar-refractivity contribution in [3.63, 3.8) is 0 Å². The quantitative estimate of drug-likeness (QED) is 0.806. The molecule has 0 aliphatic rings. The Bertz CT molecular complexity index is 281. The minimum Gasteiger partial charge on any atom is -0.310 e. The number of hydrogen-bond donors (Lipinski definition) is 1. The average molecular weight is 211 g/mol. The summed E-state index contributed by atoms with van der Waals surface area (Å²) < 4.78 is 0. The van der Waals surface area contributed by atoms with Crippen molar-refractivity contribution in [2.24, 2.45) is 0 Å². The number of hydrogen-bond acceptors (Lipinski definition) is 2. The molecular weight excluding hydrogens is 190 g/mol. The van der Waals surface area contributed by atoms with Gasteiger partial charge in [0, 0.05) is 22.3 Å². The molecule has 0 saturated carbocycles. The molecular formula is C12H21NS. The van der Waals surface area contributed by atoms with Gasteiger partial charge in [0.25, 0.3) is 0 Å². The van der Waals surface area contributed by atoms with Gasteiger partial charge in [0.05, 0.1) is 0 Å². The lowest BCUT2D eigenvalue weighted by molar-refractivity contribution is 0.593. The molecule has 0 saturated heterocycles. The van der Waals surface area contributed by atoms with Crippen LogP contribution in [-0.2, 0) is 12.0 Å². The van der Waals surface area contributed by atoms with E-state index in [1.807, 2.05) is 11.3 Å². The van der Waals surface area contributed by atoms with Crippen molar-refractivity contribution in [3.05, 3.63) is 21.9 Å². The number of thiophene rings is 1. The first-order valence-electron chi connectivity index (χ1n) is 5.22. The molecule has 1 rings (SSSR count). The second kappa shape index (κ2) is 4.45. The zero-order valence-electron chi connectivity index (χ0n) is 9.85. The predicted octanol–water partition coefficient (Wildman–Crippen LogP) is 3.54. The van der Waals surface area contributed by atoms with Crippen LogP contribution in [0.1, 0.15) is 44.4 Å². The van der Waals surface area contributed by atoms with Crippen LogP contribution in [0.5, 0.6) is 0 Å². The van der Waals surface area contributed by atoms with E-state index in [-0.39, 0.29) is 0 Å². The van der Waals surface area contributed by atoms with Gasteiger partial charge in [0.15, 0.2) is 0 Å². The lowest BCUT2D eigenvalue weighted by Gasteiger charge is -2.15. The minimum atomic E-state index is 0.292. The first-order chi connectivity index (χ1) is 6.39. The first kappa shape index (κ1) is 11.7.